The molecule has 4 heteroatoms. The quantitative estimate of drug-likeness (QED) is 0.687. The molecule has 0 heterocycles. The second kappa shape index (κ2) is 5.10. The minimum Gasteiger partial charge on any atom is -0.345 e. The lowest BCUT2D eigenvalue weighted by Crippen LogP contribution is -2.50. The van der Waals surface area contributed by atoms with Crippen LogP contribution in [0.2, 0.25) is 0 Å². The van der Waals surface area contributed by atoms with Crippen molar-refractivity contribution in [3.05, 3.63) is 0 Å². The van der Waals surface area contributed by atoms with E-state index in [9.17, 15) is 9.59 Å². The van der Waals surface area contributed by atoms with E-state index in [-0.39, 0.29) is 23.7 Å². The first-order valence-electron chi connectivity index (χ1n) is 4.73. The predicted molar refractivity (Wildman–Crippen MR) is 56.0 cm³/mol. The predicted octanol–water partition coefficient (Wildman–Crippen LogP) is 0.326. The summed E-state index contributed by atoms with van der Waals surface area (Å²) in [6, 6.07) is -0.414. The summed E-state index contributed by atoms with van der Waals surface area (Å²) in [6.07, 6.45) is 0. The molecule has 1 amide bonds. The second-order valence-corrected chi connectivity index (χ2v) is 4.51. The molecule has 0 aliphatic rings. The van der Waals surface area contributed by atoms with Gasteiger partial charge in [0, 0.05) is 0 Å². The van der Waals surface area contributed by atoms with Gasteiger partial charge in [-0.25, -0.2) is 0 Å². The number of amides is 1. The van der Waals surface area contributed by atoms with E-state index in [2.05, 4.69) is 10.6 Å². The highest BCUT2D eigenvalue weighted by Gasteiger charge is 2.29. The fraction of sp³-hybridized carbons (Fsp3) is 0.800. The van der Waals surface area contributed by atoms with Gasteiger partial charge in [-0.3, -0.25) is 9.59 Å². The molecule has 0 aromatic carbocycles. The normalized spacial score (nSPS) is 13.5. The molecule has 2 N–H and O–H groups in total. The average Bonchev–Trinajstić information content (AvgIpc) is 1.98. The number of rotatable bonds is 4. The summed E-state index contributed by atoms with van der Waals surface area (Å²) in [5.74, 6) is -0.162. The number of hydrogen-bond acceptors (Lipinski definition) is 3. The highest BCUT2D eigenvalue weighted by Crippen LogP contribution is 2.19. The van der Waals surface area contributed by atoms with Gasteiger partial charge in [0.1, 0.15) is 0 Å². The Labute approximate surface area is 85.4 Å². The van der Waals surface area contributed by atoms with Crippen molar-refractivity contribution in [2.75, 3.05) is 13.6 Å². The fourth-order valence-corrected chi connectivity index (χ4v) is 1.30. The number of hydrogen-bond donors (Lipinski definition) is 2. The van der Waals surface area contributed by atoms with Crippen LogP contribution in [0, 0.1) is 5.41 Å². The molecule has 0 aliphatic carbocycles. The summed E-state index contributed by atoms with van der Waals surface area (Å²) >= 11 is 0. The minimum absolute atomic E-state index is 0.0121. The molecule has 0 aromatic heterocycles. The van der Waals surface area contributed by atoms with Gasteiger partial charge in [-0.2, -0.15) is 0 Å². The van der Waals surface area contributed by atoms with Crippen molar-refractivity contribution in [3.8, 4) is 0 Å². The summed E-state index contributed by atoms with van der Waals surface area (Å²) in [5, 5.41) is 5.45. The van der Waals surface area contributed by atoms with Crippen LogP contribution in [-0.2, 0) is 9.59 Å². The summed E-state index contributed by atoms with van der Waals surface area (Å²) in [7, 11) is 1.69. The van der Waals surface area contributed by atoms with E-state index in [1.807, 2.05) is 20.8 Å². The highest BCUT2D eigenvalue weighted by atomic mass is 16.2. The summed E-state index contributed by atoms with van der Waals surface area (Å²) in [4.78, 5) is 22.6. The van der Waals surface area contributed by atoms with Gasteiger partial charge >= 0.3 is 0 Å². The van der Waals surface area contributed by atoms with E-state index in [0.29, 0.717) is 0 Å². The van der Waals surface area contributed by atoms with Gasteiger partial charge in [0.2, 0.25) is 5.91 Å². The smallest absolute Gasteiger partial charge is 0.234 e. The average molecular weight is 200 g/mol. The highest BCUT2D eigenvalue weighted by molar-refractivity contribution is 5.88. The van der Waals surface area contributed by atoms with Crippen molar-refractivity contribution >= 4 is 11.7 Å². The molecule has 14 heavy (non-hydrogen) atoms. The van der Waals surface area contributed by atoms with E-state index >= 15 is 0 Å². The van der Waals surface area contributed by atoms with Gasteiger partial charge in [0.05, 0.1) is 12.6 Å². The van der Waals surface area contributed by atoms with E-state index in [1.165, 1.54) is 6.92 Å². The summed E-state index contributed by atoms with van der Waals surface area (Å²) in [5.41, 5.74) is -0.241. The third kappa shape index (κ3) is 4.37. The molecule has 0 bridgehead atoms. The molecule has 0 saturated heterocycles. The molecule has 82 valence electrons. The molecular formula is C10H20N2O2. The Morgan fingerprint density at radius 2 is 1.79 bits per heavy atom. The van der Waals surface area contributed by atoms with Crippen LogP contribution in [0.5, 0.6) is 0 Å². The molecule has 0 spiro atoms. The largest absolute Gasteiger partial charge is 0.345 e. The van der Waals surface area contributed by atoms with E-state index in [0.717, 1.165) is 0 Å². The van der Waals surface area contributed by atoms with Crippen molar-refractivity contribution < 1.29 is 9.59 Å². The Kier molecular flexibility index (Phi) is 4.77. The molecule has 0 aliphatic heterocycles. The number of ketones is 1. The number of likely N-dealkylation sites (N-methyl/N-ethyl adjacent to an activating group) is 1. The van der Waals surface area contributed by atoms with Gasteiger partial charge in [-0.05, 0) is 19.4 Å². The first-order chi connectivity index (χ1) is 6.29. The fourth-order valence-electron chi connectivity index (χ4n) is 1.30. The lowest BCUT2D eigenvalue weighted by Gasteiger charge is -2.29. The summed E-state index contributed by atoms with van der Waals surface area (Å²) < 4.78 is 0. The lowest BCUT2D eigenvalue weighted by molar-refractivity contribution is -0.128. The van der Waals surface area contributed by atoms with Crippen LogP contribution in [0.3, 0.4) is 0 Å². The van der Waals surface area contributed by atoms with Gasteiger partial charge < -0.3 is 10.6 Å². The Balaban J connectivity index is 4.40. The van der Waals surface area contributed by atoms with Gasteiger partial charge in [0.15, 0.2) is 5.78 Å². The molecule has 0 saturated carbocycles. The Hall–Kier alpha value is -0.900. The maximum atomic E-state index is 11.3. The second-order valence-electron chi connectivity index (χ2n) is 4.51. The van der Waals surface area contributed by atoms with Crippen molar-refractivity contribution in [1.29, 1.82) is 0 Å². The standard InChI is InChI=1S/C10H20N2O2/c1-7(13)9(10(2,3)4)12-8(14)6-11-5/h9,11H,6H2,1-5H3,(H,12,14). The van der Waals surface area contributed by atoms with E-state index in [4.69, 9.17) is 0 Å². The first kappa shape index (κ1) is 13.1. The van der Waals surface area contributed by atoms with Crippen LogP contribution in [0.15, 0.2) is 0 Å². The third-order valence-electron chi connectivity index (χ3n) is 1.92. The molecule has 1 unspecified atom stereocenters. The zero-order valence-corrected chi connectivity index (χ0v) is 9.60. The third-order valence-corrected chi connectivity index (χ3v) is 1.92. The Morgan fingerprint density at radius 3 is 2.07 bits per heavy atom. The van der Waals surface area contributed by atoms with Gasteiger partial charge in [0.25, 0.3) is 0 Å². The SMILES string of the molecule is CNCC(=O)NC(C(C)=O)C(C)(C)C. The van der Waals surface area contributed by atoms with Crippen LogP contribution in [0.4, 0.5) is 0 Å². The van der Waals surface area contributed by atoms with Crippen LogP contribution in [0.25, 0.3) is 0 Å². The summed E-state index contributed by atoms with van der Waals surface area (Å²) in [6.45, 7) is 7.52. The molecule has 0 aromatic rings. The minimum atomic E-state index is -0.414. The zero-order valence-electron chi connectivity index (χ0n) is 9.60. The zero-order chi connectivity index (χ0) is 11.4. The van der Waals surface area contributed by atoms with E-state index < -0.39 is 6.04 Å². The molecule has 0 fully saturated rings. The molecule has 0 radical (unpaired) electrons. The number of carbonyl (C=O) groups excluding carboxylic acids is 2. The van der Waals surface area contributed by atoms with Gasteiger partial charge in [-0.1, -0.05) is 20.8 Å². The molecular weight excluding hydrogens is 180 g/mol. The van der Waals surface area contributed by atoms with Crippen molar-refractivity contribution in [3.63, 3.8) is 0 Å². The molecule has 4 nitrogen and oxygen atoms in total. The number of nitrogens with one attached hydrogen (secondary N) is 2. The number of carbonyl (C=O) groups is 2. The van der Waals surface area contributed by atoms with Crippen molar-refractivity contribution in [1.82, 2.24) is 10.6 Å². The van der Waals surface area contributed by atoms with Crippen LogP contribution in [-0.4, -0.2) is 31.3 Å². The topological polar surface area (TPSA) is 58.2 Å². The van der Waals surface area contributed by atoms with Crippen LogP contribution < -0.4 is 10.6 Å². The van der Waals surface area contributed by atoms with E-state index in [1.54, 1.807) is 7.05 Å². The van der Waals surface area contributed by atoms with Crippen LogP contribution in [0.1, 0.15) is 27.7 Å². The van der Waals surface area contributed by atoms with Gasteiger partial charge in [-0.15, -0.1) is 0 Å². The lowest BCUT2D eigenvalue weighted by atomic mass is 9.84. The molecule has 1 atom stereocenters. The first-order valence-corrected chi connectivity index (χ1v) is 4.73. The maximum Gasteiger partial charge on any atom is 0.234 e. The van der Waals surface area contributed by atoms with Crippen molar-refractivity contribution in [2.45, 2.75) is 33.7 Å². The Bertz CT molecular complexity index is 219. The molecule has 0 rings (SSSR count). The van der Waals surface area contributed by atoms with Crippen molar-refractivity contribution in [2.24, 2.45) is 5.41 Å². The monoisotopic (exact) mass is 200 g/mol. The Morgan fingerprint density at radius 1 is 1.29 bits per heavy atom. The van der Waals surface area contributed by atoms with Crippen LogP contribution >= 0.6 is 0 Å². The maximum absolute atomic E-state index is 11.3. The number of Topliss-reactive ketones (excluding diaryl/α,β-unsaturated/α-hetero) is 1.